The maximum absolute atomic E-state index is 12.2. The van der Waals surface area contributed by atoms with Crippen LogP contribution >= 0.6 is 15.9 Å². The molecule has 0 saturated carbocycles. The van der Waals surface area contributed by atoms with Crippen LogP contribution < -0.4 is 9.64 Å². The Hall–Kier alpha value is -1.07. The van der Waals surface area contributed by atoms with Crippen LogP contribution in [0.15, 0.2) is 16.6 Å². The molecule has 126 valence electrons. The first-order valence-corrected chi connectivity index (χ1v) is 8.84. The Balaban J connectivity index is 2.03. The van der Waals surface area contributed by atoms with Crippen molar-refractivity contribution >= 4 is 27.6 Å². The van der Waals surface area contributed by atoms with Gasteiger partial charge in [-0.15, -0.1) is 0 Å². The number of ether oxygens (including phenoxy) is 1. The zero-order chi connectivity index (χ0) is 17.2. The monoisotopic (exact) mass is 380 g/mol. The molecule has 1 aromatic carbocycles. The van der Waals surface area contributed by atoms with E-state index in [1.165, 1.54) is 11.3 Å². The van der Waals surface area contributed by atoms with Gasteiger partial charge in [-0.25, -0.2) is 0 Å². The van der Waals surface area contributed by atoms with Gasteiger partial charge in [0, 0.05) is 23.5 Å². The number of likely N-dealkylation sites (N-methyl/N-ethyl adjacent to an activating group) is 2. The number of carbonyl (C=O) groups excluding carboxylic acids is 1. The molecule has 0 amide bonds. The number of nitrogens with zero attached hydrogens (tertiary/aromatic N) is 2. The minimum atomic E-state index is -0.512. The highest BCUT2D eigenvalue weighted by molar-refractivity contribution is 9.10. The van der Waals surface area contributed by atoms with Crippen molar-refractivity contribution in [3.05, 3.63) is 22.2 Å². The smallest absolute Gasteiger partial charge is 0.316 e. The predicted octanol–water partition coefficient (Wildman–Crippen LogP) is 3.77. The van der Waals surface area contributed by atoms with Gasteiger partial charge in [0.1, 0.15) is 5.75 Å². The van der Waals surface area contributed by atoms with Crippen LogP contribution in [0.3, 0.4) is 0 Å². The normalized spacial score (nSPS) is 27.1. The van der Waals surface area contributed by atoms with Gasteiger partial charge in [-0.1, -0.05) is 6.92 Å². The van der Waals surface area contributed by atoms with Crippen molar-refractivity contribution < 1.29 is 9.53 Å². The average molecular weight is 381 g/mol. The molecule has 0 spiro atoms. The average Bonchev–Trinajstić information content (AvgIpc) is 2.84. The number of rotatable bonds is 1. The van der Waals surface area contributed by atoms with Crippen molar-refractivity contribution in [1.29, 1.82) is 0 Å². The second kappa shape index (κ2) is 5.21. The van der Waals surface area contributed by atoms with Crippen molar-refractivity contribution in [3.63, 3.8) is 0 Å². The highest BCUT2D eigenvalue weighted by Gasteiger charge is 2.53. The predicted molar refractivity (Wildman–Crippen MR) is 96.0 cm³/mol. The van der Waals surface area contributed by atoms with Gasteiger partial charge in [-0.05, 0) is 67.9 Å². The number of hydrogen-bond donors (Lipinski definition) is 0. The molecular weight excluding hydrogens is 356 g/mol. The first kappa shape index (κ1) is 16.8. The third-order valence-electron chi connectivity index (χ3n) is 5.17. The van der Waals surface area contributed by atoms with Gasteiger partial charge in [0.05, 0.1) is 17.3 Å². The van der Waals surface area contributed by atoms with Crippen molar-refractivity contribution in [2.45, 2.75) is 45.7 Å². The summed E-state index contributed by atoms with van der Waals surface area (Å²) in [7, 11) is 4.31. The summed E-state index contributed by atoms with van der Waals surface area (Å²) in [6.07, 6.45) is 1.46. The summed E-state index contributed by atoms with van der Waals surface area (Å²) in [5, 5.41) is 0. The number of hydrogen-bond acceptors (Lipinski definition) is 4. The molecule has 0 unspecified atom stereocenters. The van der Waals surface area contributed by atoms with E-state index in [0.717, 1.165) is 17.4 Å². The van der Waals surface area contributed by atoms with E-state index in [2.05, 4.69) is 52.8 Å². The van der Waals surface area contributed by atoms with Crippen LogP contribution in [0.2, 0.25) is 0 Å². The van der Waals surface area contributed by atoms with Crippen LogP contribution in [0.1, 0.15) is 39.7 Å². The van der Waals surface area contributed by atoms with E-state index in [4.69, 9.17) is 4.74 Å². The van der Waals surface area contributed by atoms with Crippen LogP contribution in [-0.4, -0.2) is 37.7 Å². The molecule has 4 nitrogen and oxygen atoms in total. The molecule has 2 atom stereocenters. The number of anilines is 1. The fourth-order valence-corrected chi connectivity index (χ4v) is 4.67. The van der Waals surface area contributed by atoms with E-state index in [1.807, 2.05) is 26.8 Å². The first-order valence-electron chi connectivity index (χ1n) is 8.05. The van der Waals surface area contributed by atoms with E-state index < -0.39 is 5.41 Å². The molecule has 2 aliphatic rings. The fourth-order valence-electron chi connectivity index (χ4n) is 3.95. The van der Waals surface area contributed by atoms with Crippen LogP contribution in [0.25, 0.3) is 0 Å². The molecule has 2 aliphatic heterocycles. The molecule has 2 heterocycles. The molecule has 3 rings (SSSR count). The number of likely N-dealkylation sites (tertiary alicyclic amines) is 1. The van der Waals surface area contributed by atoms with Gasteiger partial charge < -0.3 is 9.64 Å². The molecule has 0 bridgehead atoms. The zero-order valence-electron chi connectivity index (χ0n) is 14.7. The second-order valence-electron chi connectivity index (χ2n) is 8.07. The maximum atomic E-state index is 12.2. The minimum Gasteiger partial charge on any atom is -0.426 e. The molecule has 0 aromatic heterocycles. The number of esters is 1. The summed E-state index contributed by atoms with van der Waals surface area (Å²) >= 11 is 3.68. The fraction of sp³-hybridized carbons (Fsp3) is 0.611. The number of fused-ring (bicyclic) bond motifs is 3. The molecule has 0 aliphatic carbocycles. The van der Waals surface area contributed by atoms with E-state index in [0.29, 0.717) is 11.9 Å². The van der Waals surface area contributed by atoms with Crippen LogP contribution in [-0.2, 0) is 10.2 Å². The van der Waals surface area contributed by atoms with E-state index >= 15 is 0 Å². The van der Waals surface area contributed by atoms with Crippen LogP contribution in [0.4, 0.5) is 5.69 Å². The van der Waals surface area contributed by atoms with Gasteiger partial charge >= 0.3 is 5.97 Å². The van der Waals surface area contributed by atoms with E-state index in [9.17, 15) is 4.79 Å². The molecule has 5 heteroatoms. The van der Waals surface area contributed by atoms with Gasteiger partial charge in [0.25, 0.3) is 0 Å². The zero-order valence-corrected chi connectivity index (χ0v) is 16.3. The second-order valence-corrected chi connectivity index (χ2v) is 8.93. The lowest BCUT2D eigenvalue weighted by molar-refractivity contribution is -0.143. The molecule has 1 fully saturated rings. The lowest BCUT2D eigenvalue weighted by Crippen LogP contribution is -2.45. The lowest BCUT2D eigenvalue weighted by Gasteiger charge is -2.32. The minimum absolute atomic E-state index is 0.0610. The highest BCUT2D eigenvalue weighted by atomic mass is 79.9. The third-order valence-corrected chi connectivity index (χ3v) is 5.77. The Morgan fingerprint density at radius 2 is 2.00 bits per heavy atom. The Morgan fingerprint density at radius 3 is 2.61 bits per heavy atom. The van der Waals surface area contributed by atoms with E-state index in [1.54, 1.807) is 0 Å². The SMILES string of the molecule is CN1CC[C@@]2(C)c3cc(OC(=O)C(C)(C)C)cc(Br)c3N(C)[C@@H]12. The largest absolute Gasteiger partial charge is 0.426 e. The van der Waals surface area contributed by atoms with Crippen molar-refractivity contribution in [1.82, 2.24) is 4.90 Å². The molecule has 0 N–H and O–H groups in total. The van der Waals surface area contributed by atoms with E-state index in [-0.39, 0.29) is 11.4 Å². The third kappa shape index (κ3) is 2.49. The van der Waals surface area contributed by atoms with Crippen molar-refractivity contribution in [3.8, 4) is 5.75 Å². The standard InChI is InChI=1S/C18H25BrN2O2/c1-17(2,3)16(22)23-11-9-12-14(13(19)10-11)21(6)15-18(12,4)7-8-20(15)5/h9-10,15H,7-8H2,1-6H3/t15-,18+/m1/s1. The van der Waals surface area contributed by atoms with Gasteiger partial charge in [-0.2, -0.15) is 0 Å². The Kier molecular flexibility index (Phi) is 3.80. The molecular formula is C18H25BrN2O2. The van der Waals surface area contributed by atoms with Crippen LogP contribution in [0.5, 0.6) is 5.75 Å². The van der Waals surface area contributed by atoms with Gasteiger partial charge in [0.15, 0.2) is 0 Å². The number of halogens is 1. The summed E-state index contributed by atoms with van der Waals surface area (Å²) in [5.41, 5.74) is 2.02. The summed E-state index contributed by atoms with van der Waals surface area (Å²) in [5.74, 6) is 0.418. The van der Waals surface area contributed by atoms with Crippen molar-refractivity contribution in [2.24, 2.45) is 5.41 Å². The van der Waals surface area contributed by atoms with Gasteiger partial charge in [-0.3, -0.25) is 9.69 Å². The topological polar surface area (TPSA) is 32.8 Å². The quantitative estimate of drug-likeness (QED) is 0.548. The summed E-state index contributed by atoms with van der Waals surface area (Å²) in [4.78, 5) is 16.9. The lowest BCUT2D eigenvalue weighted by atomic mass is 9.81. The van der Waals surface area contributed by atoms with Crippen LogP contribution in [0, 0.1) is 5.41 Å². The highest BCUT2D eigenvalue weighted by Crippen LogP contribution is 2.54. The summed E-state index contributed by atoms with van der Waals surface area (Å²) < 4.78 is 6.62. The summed E-state index contributed by atoms with van der Waals surface area (Å²) in [6.45, 7) is 9.00. The Labute approximate surface area is 146 Å². The molecule has 1 aromatic rings. The van der Waals surface area contributed by atoms with Gasteiger partial charge in [0.2, 0.25) is 0 Å². The number of benzene rings is 1. The van der Waals surface area contributed by atoms with Crippen molar-refractivity contribution in [2.75, 3.05) is 25.5 Å². The Bertz CT molecular complexity index is 668. The Morgan fingerprint density at radius 1 is 1.35 bits per heavy atom. The molecule has 0 radical (unpaired) electrons. The molecule has 23 heavy (non-hydrogen) atoms. The first-order chi connectivity index (χ1) is 10.6. The molecule has 1 saturated heterocycles. The summed E-state index contributed by atoms with van der Waals surface area (Å²) in [6, 6.07) is 3.96. The maximum Gasteiger partial charge on any atom is 0.316 e. The number of carbonyl (C=O) groups is 1.